The average molecular weight is 261 g/mol. The number of H-pyrrole nitrogens is 1. The monoisotopic (exact) mass is 261 g/mol. The molecule has 4 heteroatoms. The average Bonchev–Trinajstić information content (AvgIpc) is 2.58. The fourth-order valence-corrected chi connectivity index (χ4v) is 3.43. The van der Waals surface area contributed by atoms with Gasteiger partial charge in [0.25, 0.3) is 0 Å². The predicted octanol–water partition coefficient (Wildman–Crippen LogP) is 3.49. The van der Waals surface area contributed by atoms with Gasteiger partial charge < -0.3 is 14.9 Å². The molecule has 18 heavy (non-hydrogen) atoms. The van der Waals surface area contributed by atoms with Crippen LogP contribution in [-0.4, -0.2) is 15.6 Å². The van der Waals surface area contributed by atoms with Crippen molar-refractivity contribution < 1.29 is 0 Å². The normalized spacial score (nSPS) is 26.2. The summed E-state index contributed by atoms with van der Waals surface area (Å²) in [6.45, 7) is 8.91. The third-order valence-corrected chi connectivity index (χ3v) is 4.43. The van der Waals surface area contributed by atoms with Crippen LogP contribution in [0.3, 0.4) is 0 Å². The van der Waals surface area contributed by atoms with E-state index in [9.17, 15) is 0 Å². The lowest BCUT2D eigenvalue weighted by Crippen LogP contribution is -2.43. The number of aromatic amines is 1. The molecule has 1 aromatic heterocycles. The number of hydrogen-bond acceptors (Lipinski definition) is 2. The molecule has 0 bridgehead atoms. The van der Waals surface area contributed by atoms with E-state index in [1.807, 2.05) is 0 Å². The van der Waals surface area contributed by atoms with Crippen molar-refractivity contribution >= 4 is 23.3 Å². The molecule has 0 amide bonds. The van der Waals surface area contributed by atoms with E-state index in [-0.39, 0.29) is 5.54 Å². The van der Waals surface area contributed by atoms with Crippen molar-refractivity contribution in [3.63, 3.8) is 0 Å². The van der Waals surface area contributed by atoms with Gasteiger partial charge in [-0.15, -0.1) is 0 Å². The molecular formula is C14H19N3S. The maximum absolute atomic E-state index is 5.49. The standard InChI is InChI=1S/C14H19N3S/c1-8-9(2)17-12-10(14(3,4)16-8)6-5-7-11(12)15-13(17)18/h5-9,16H,1-4H3,(H,15,18). The molecule has 3 rings (SSSR count). The number of nitrogens with zero attached hydrogens (tertiary/aromatic N) is 1. The summed E-state index contributed by atoms with van der Waals surface area (Å²) in [7, 11) is 0. The van der Waals surface area contributed by atoms with Gasteiger partial charge in [-0.3, -0.25) is 0 Å². The second-order valence-electron chi connectivity index (χ2n) is 5.80. The number of hydrogen-bond donors (Lipinski definition) is 2. The summed E-state index contributed by atoms with van der Waals surface area (Å²) in [6, 6.07) is 7.10. The summed E-state index contributed by atoms with van der Waals surface area (Å²) in [5, 5.41) is 3.71. The molecule has 2 heterocycles. The Morgan fingerprint density at radius 3 is 2.72 bits per heavy atom. The lowest BCUT2D eigenvalue weighted by Gasteiger charge is -2.30. The lowest BCUT2D eigenvalue weighted by molar-refractivity contribution is 0.310. The lowest BCUT2D eigenvalue weighted by atomic mass is 9.92. The summed E-state index contributed by atoms with van der Waals surface area (Å²) in [5.41, 5.74) is 3.64. The Kier molecular flexibility index (Phi) is 2.44. The van der Waals surface area contributed by atoms with E-state index in [1.54, 1.807) is 0 Å². The van der Waals surface area contributed by atoms with E-state index in [0.717, 1.165) is 10.3 Å². The van der Waals surface area contributed by atoms with Gasteiger partial charge >= 0.3 is 0 Å². The van der Waals surface area contributed by atoms with Crippen LogP contribution >= 0.6 is 12.2 Å². The zero-order chi connectivity index (χ0) is 13.1. The van der Waals surface area contributed by atoms with Gasteiger partial charge in [-0.1, -0.05) is 12.1 Å². The summed E-state index contributed by atoms with van der Waals surface area (Å²) < 4.78 is 3.07. The molecule has 2 atom stereocenters. The SMILES string of the molecule is CC1NC(C)(C)c2cccc3[nH]c(=S)n(c23)C1C. The van der Waals surface area contributed by atoms with Crippen molar-refractivity contribution in [1.29, 1.82) is 0 Å². The highest BCUT2D eigenvalue weighted by atomic mass is 32.1. The second kappa shape index (κ2) is 3.68. The molecule has 1 aliphatic heterocycles. The van der Waals surface area contributed by atoms with E-state index in [4.69, 9.17) is 12.2 Å². The van der Waals surface area contributed by atoms with Crippen molar-refractivity contribution in [2.24, 2.45) is 0 Å². The van der Waals surface area contributed by atoms with Crippen LogP contribution in [0, 0.1) is 4.77 Å². The second-order valence-corrected chi connectivity index (χ2v) is 6.19. The summed E-state index contributed by atoms with van der Waals surface area (Å²) in [5.74, 6) is 0. The molecule has 0 fully saturated rings. The molecule has 1 aromatic carbocycles. The largest absolute Gasteiger partial charge is 0.331 e. The van der Waals surface area contributed by atoms with Crippen LogP contribution in [0.4, 0.5) is 0 Å². The highest BCUT2D eigenvalue weighted by molar-refractivity contribution is 7.71. The molecule has 0 saturated heterocycles. The molecule has 2 N–H and O–H groups in total. The number of imidazole rings is 1. The minimum absolute atomic E-state index is 0.0462. The first-order valence-corrected chi connectivity index (χ1v) is 6.84. The Hall–Kier alpha value is -1.13. The van der Waals surface area contributed by atoms with Crippen LogP contribution in [0.1, 0.15) is 39.3 Å². The van der Waals surface area contributed by atoms with Crippen LogP contribution in [0.5, 0.6) is 0 Å². The first kappa shape index (κ1) is 11.9. The first-order valence-electron chi connectivity index (χ1n) is 6.43. The van der Waals surface area contributed by atoms with Gasteiger partial charge in [0.1, 0.15) is 0 Å². The van der Waals surface area contributed by atoms with Gasteiger partial charge in [0.2, 0.25) is 0 Å². The van der Waals surface area contributed by atoms with E-state index in [2.05, 4.69) is 60.8 Å². The fourth-order valence-electron chi connectivity index (χ4n) is 3.06. The molecule has 2 unspecified atom stereocenters. The zero-order valence-electron chi connectivity index (χ0n) is 11.2. The van der Waals surface area contributed by atoms with E-state index in [1.165, 1.54) is 11.1 Å². The predicted molar refractivity (Wildman–Crippen MR) is 77.5 cm³/mol. The minimum Gasteiger partial charge on any atom is -0.331 e. The van der Waals surface area contributed by atoms with Crippen molar-refractivity contribution in [1.82, 2.24) is 14.9 Å². The Morgan fingerprint density at radius 2 is 2.00 bits per heavy atom. The Bertz CT molecular complexity index is 665. The maximum atomic E-state index is 5.49. The highest BCUT2D eigenvalue weighted by Gasteiger charge is 2.33. The molecule has 1 aliphatic rings. The molecule has 3 nitrogen and oxygen atoms in total. The number of nitrogens with one attached hydrogen (secondary N) is 2. The molecular weight excluding hydrogens is 242 g/mol. The zero-order valence-corrected chi connectivity index (χ0v) is 12.1. The quantitative estimate of drug-likeness (QED) is 0.712. The first-order chi connectivity index (χ1) is 8.42. The van der Waals surface area contributed by atoms with Gasteiger partial charge in [-0.2, -0.15) is 0 Å². The Morgan fingerprint density at radius 1 is 1.28 bits per heavy atom. The van der Waals surface area contributed by atoms with Crippen LogP contribution in [0.25, 0.3) is 11.0 Å². The van der Waals surface area contributed by atoms with E-state index in [0.29, 0.717) is 12.1 Å². The topological polar surface area (TPSA) is 32.8 Å². The Labute approximate surface area is 112 Å². The Balaban J connectivity index is 2.48. The van der Waals surface area contributed by atoms with Crippen molar-refractivity contribution in [3.05, 3.63) is 28.5 Å². The van der Waals surface area contributed by atoms with E-state index < -0.39 is 0 Å². The number of benzene rings is 1. The molecule has 0 radical (unpaired) electrons. The maximum Gasteiger partial charge on any atom is 0.178 e. The van der Waals surface area contributed by atoms with Crippen LogP contribution in [0.2, 0.25) is 0 Å². The van der Waals surface area contributed by atoms with Crippen molar-refractivity contribution in [2.75, 3.05) is 0 Å². The van der Waals surface area contributed by atoms with E-state index >= 15 is 0 Å². The summed E-state index contributed by atoms with van der Waals surface area (Å²) in [4.78, 5) is 3.33. The fraction of sp³-hybridized carbons (Fsp3) is 0.500. The van der Waals surface area contributed by atoms with Gasteiger partial charge in [0.15, 0.2) is 4.77 Å². The third-order valence-electron chi connectivity index (χ3n) is 4.13. The third kappa shape index (κ3) is 1.49. The minimum atomic E-state index is -0.0462. The molecule has 0 spiro atoms. The molecule has 2 aromatic rings. The van der Waals surface area contributed by atoms with Crippen LogP contribution < -0.4 is 5.32 Å². The number of rotatable bonds is 0. The molecule has 96 valence electrons. The van der Waals surface area contributed by atoms with Crippen LogP contribution in [0.15, 0.2) is 18.2 Å². The van der Waals surface area contributed by atoms with Crippen LogP contribution in [-0.2, 0) is 5.54 Å². The van der Waals surface area contributed by atoms with Crippen molar-refractivity contribution in [2.45, 2.75) is 45.3 Å². The number of para-hydroxylation sites is 1. The summed E-state index contributed by atoms with van der Waals surface area (Å²) >= 11 is 5.49. The summed E-state index contributed by atoms with van der Waals surface area (Å²) in [6.07, 6.45) is 0. The van der Waals surface area contributed by atoms with Gasteiger partial charge in [-0.05, 0) is 51.5 Å². The van der Waals surface area contributed by atoms with Gasteiger partial charge in [0, 0.05) is 17.6 Å². The number of aromatic nitrogens is 2. The van der Waals surface area contributed by atoms with Crippen molar-refractivity contribution in [3.8, 4) is 0 Å². The van der Waals surface area contributed by atoms with Gasteiger partial charge in [0.05, 0.1) is 11.0 Å². The smallest absolute Gasteiger partial charge is 0.178 e. The van der Waals surface area contributed by atoms with Gasteiger partial charge in [-0.25, -0.2) is 0 Å². The molecule has 0 aliphatic carbocycles. The molecule has 0 saturated carbocycles. The highest BCUT2D eigenvalue weighted by Crippen LogP contribution is 2.35.